The van der Waals surface area contributed by atoms with Crippen molar-refractivity contribution in [2.24, 2.45) is 7.05 Å². The Hall–Kier alpha value is -3.32. The topological polar surface area (TPSA) is 115 Å². The fourth-order valence-corrected chi connectivity index (χ4v) is 5.20. The first-order valence-corrected chi connectivity index (χ1v) is 11.1. The molecule has 1 unspecified atom stereocenters. The van der Waals surface area contributed by atoms with Crippen LogP contribution in [0, 0.1) is 24.4 Å². The van der Waals surface area contributed by atoms with E-state index < -0.39 is 38.9 Å². The van der Waals surface area contributed by atoms with Crippen LogP contribution in [0.25, 0.3) is 0 Å². The van der Waals surface area contributed by atoms with Crippen LogP contribution >= 0.6 is 0 Å². The van der Waals surface area contributed by atoms with Crippen molar-refractivity contribution in [3.05, 3.63) is 59.0 Å². The second kappa shape index (κ2) is 7.92. The van der Waals surface area contributed by atoms with Gasteiger partial charge >= 0.3 is 0 Å². The Morgan fingerprint density at radius 1 is 1.27 bits per heavy atom. The van der Waals surface area contributed by atoms with Gasteiger partial charge in [-0.3, -0.25) is 4.79 Å². The van der Waals surface area contributed by atoms with Gasteiger partial charge in [-0.1, -0.05) is 5.16 Å². The molecule has 33 heavy (non-hydrogen) atoms. The van der Waals surface area contributed by atoms with E-state index in [0.717, 1.165) is 0 Å². The molecule has 4 rings (SSSR count). The number of nitrogens with one attached hydrogen (secondary N) is 2. The summed E-state index contributed by atoms with van der Waals surface area (Å²) in [6.45, 7) is 3.16. The molecule has 1 aliphatic heterocycles. The summed E-state index contributed by atoms with van der Waals surface area (Å²) in [6.07, 6.45) is 1.33. The highest BCUT2D eigenvalue weighted by molar-refractivity contribution is 7.89. The van der Waals surface area contributed by atoms with E-state index in [1.165, 1.54) is 17.8 Å². The van der Waals surface area contributed by atoms with Crippen LogP contribution in [0.1, 0.15) is 28.9 Å². The van der Waals surface area contributed by atoms with E-state index in [1.807, 2.05) is 0 Å². The third-order valence-corrected chi connectivity index (χ3v) is 6.64. The van der Waals surface area contributed by atoms with Crippen LogP contribution in [-0.2, 0) is 23.5 Å². The summed E-state index contributed by atoms with van der Waals surface area (Å²) < 4.78 is 80.9. The number of amides is 1. The first-order valence-electron chi connectivity index (χ1n) is 9.63. The summed E-state index contributed by atoms with van der Waals surface area (Å²) in [5, 5.41) is 6.11. The zero-order valence-corrected chi connectivity index (χ0v) is 18.5. The normalized spacial score (nSPS) is 19.5. The molecule has 0 bridgehead atoms. The number of halogens is 3. The second-order valence-electron chi connectivity index (χ2n) is 8.05. The Bertz CT molecular complexity index is 1340. The number of aromatic nitrogens is 2. The van der Waals surface area contributed by atoms with Gasteiger partial charge in [-0.15, -0.1) is 0 Å². The zero-order chi connectivity index (χ0) is 24.1. The number of ether oxygens (including phenoxy) is 1. The van der Waals surface area contributed by atoms with Gasteiger partial charge in [-0.05, 0) is 13.8 Å². The number of hydrogen-bond acceptors (Lipinski definition) is 6. The van der Waals surface area contributed by atoms with Crippen LogP contribution in [-0.4, -0.2) is 36.2 Å². The van der Waals surface area contributed by atoms with Gasteiger partial charge < -0.3 is 19.1 Å². The van der Waals surface area contributed by atoms with E-state index in [2.05, 4.69) is 15.2 Å². The van der Waals surface area contributed by atoms with Crippen LogP contribution in [0.3, 0.4) is 0 Å². The highest BCUT2D eigenvalue weighted by Gasteiger charge is 2.40. The maximum absolute atomic E-state index is 13.5. The summed E-state index contributed by atoms with van der Waals surface area (Å²) in [4.78, 5) is 12.6. The molecule has 1 amide bonds. The van der Waals surface area contributed by atoms with Crippen LogP contribution in [0.2, 0.25) is 0 Å². The Morgan fingerprint density at radius 2 is 1.94 bits per heavy atom. The molecule has 1 aliphatic rings. The molecular weight excluding hydrogens is 465 g/mol. The Kier molecular flexibility index (Phi) is 5.48. The molecule has 13 heteroatoms. The lowest BCUT2D eigenvalue weighted by molar-refractivity contribution is 0.101. The first kappa shape index (κ1) is 22.9. The summed E-state index contributed by atoms with van der Waals surface area (Å²) in [6, 6.07) is 2.87. The smallest absolute Gasteiger partial charge is 0.276 e. The lowest BCUT2D eigenvalue weighted by Gasteiger charge is -2.26. The molecule has 1 aromatic carbocycles. The SMILES string of the molecule is Cc1cc(CC2(C)COc3c(cn(C)c3C(=O)Nc3cc(F)c(F)c(F)c3)S(=O)(=O)N2)no1. The molecule has 176 valence electrons. The van der Waals surface area contributed by atoms with Gasteiger partial charge in [0.2, 0.25) is 10.0 Å². The number of hydrogen-bond donors (Lipinski definition) is 2. The molecule has 0 saturated carbocycles. The Morgan fingerprint density at radius 3 is 2.55 bits per heavy atom. The number of sulfonamides is 1. The predicted molar refractivity (Wildman–Crippen MR) is 109 cm³/mol. The van der Waals surface area contributed by atoms with Crippen LogP contribution in [0.15, 0.2) is 33.8 Å². The van der Waals surface area contributed by atoms with E-state index in [9.17, 15) is 26.4 Å². The van der Waals surface area contributed by atoms with Gasteiger partial charge in [0.1, 0.15) is 17.3 Å². The maximum Gasteiger partial charge on any atom is 0.276 e. The molecule has 1 atom stereocenters. The van der Waals surface area contributed by atoms with E-state index in [0.29, 0.717) is 23.6 Å². The monoisotopic (exact) mass is 484 g/mol. The molecule has 2 aromatic heterocycles. The average Bonchev–Trinajstić information content (AvgIpc) is 3.24. The Balaban J connectivity index is 1.66. The molecule has 0 aliphatic carbocycles. The van der Waals surface area contributed by atoms with Gasteiger partial charge in [-0.2, -0.15) is 0 Å². The molecule has 0 radical (unpaired) electrons. The molecule has 0 saturated heterocycles. The standard InChI is InChI=1S/C20H19F3N4O5S/c1-10-4-12(25-32-10)7-20(2)9-31-18-15(33(29,30)26-20)8-27(3)17(18)19(28)24-11-5-13(21)16(23)14(22)6-11/h4-6,8,26H,7,9H2,1-3H3,(H,24,28). The molecule has 3 aromatic rings. The predicted octanol–water partition coefficient (Wildman–Crippen LogP) is 2.66. The van der Waals surface area contributed by atoms with Crippen LogP contribution < -0.4 is 14.8 Å². The van der Waals surface area contributed by atoms with Gasteiger partial charge in [-0.25, -0.2) is 26.3 Å². The first-order chi connectivity index (χ1) is 15.4. The van der Waals surface area contributed by atoms with Crippen molar-refractivity contribution >= 4 is 21.6 Å². The maximum atomic E-state index is 13.5. The minimum Gasteiger partial charge on any atom is -0.488 e. The van der Waals surface area contributed by atoms with Crippen molar-refractivity contribution in [2.45, 2.75) is 30.7 Å². The van der Waals surface area contributed by atoms with Gasteiger partial charge in [0.05, 0.1) is 11.2 Å². The summed E-state index contributed by atoms with van der Waals surface area (Å²) in [5.41, 5.74) is -1.18. The van der Waals surface area contributed by atoms with Gasteiger partial charge in [0.15, 0.2) is 28.9 Å². The van der Waals surface area contributed by atoms with Crippen molar-refractivity contribution in [3.8, 4) is 5.75 Å². The number of aryl methyl sites for hydroxylation is 2. The van der Waals surface area contributed by atoms with E-state index in [1.54, 1.807) is 19.9 Å². The highest BCUT2D eigenvalue weighted by Crippen LogP contribution is 2.35. The number of anilines is 1. The minimum absolute atomic E-state index is 0.148. The molecular formula is C20H19F3N4O5S. The van der Waals surface area contributed by atoms with Crippen molar-refractivity contribution in [1.82, 2.24) is 14.4 Å². The summed E-state index contributed by atoms with van der Waals surface area (Å²) >= 11 is 0. The minimum atomic E-state index is -4.13. The molecule has 9 nitrogen and oxygen atoms in total. The zero-order valence-electron chi connectivity index (χ0n) is 17.7. The van der Waals surface area contributed by atoms with Crippen LogP contribution in [0.4, 0.5) is 18.9 Å². The highest BCUT2D eigenvalue weighted by atomic mass is 32.2. The van der Waals surface area contributed by atoms with E-state index in [4.69, 9.17) is 9.26 Å². The van der Waals surface area contributed by atoms with Crippen LogP contribution in [0.5, 0.6) is 5.75 Å². The number of carbonyl (C=O) groups excluding carboxylic acids is 1. The fraction of sp³-hybridized carbons (Fsp3) is 0.300. The third kappa shape index (κ3) is 4.33. The lowest BCUT2D eigenvalue weighted by Crippen LogP contribution is -2.50. The Labute approximate surface area is 186 Å². The van der Waals surface area contributed by atoms with Gasteiger partial charge in [0.25, 0.3) is 5.91 Å². The van der Waals surface area contributed by atoms with Crippen molar-refractivity contribution in [1.29, 1.82) is 0 Å². The summed E-state index contributed by atoms with van der Waals surface area (Å²) in [7, 11) is -2.72. The van der Waals surface area contributed by atoms with Gasteiger partial charge in [0, 0.05) is 43.6 Å². The number of benzene rings is 1. The molecule has 3 heterocycles. The van der Waals surface area contributed by atoms with E-state index >= 15 is 0 Å². The number of nitrogens with zero attached hydrogens (tertiary/aromatic N) is 2. The summed E-state index contributed by atoms with van der Waals surface area (Å²) in [5.74, 6) is -5.23. The number of fused-ring (bicyclic) bond motifs is 1. The van der Waals surface area contributed by atoms with Crippen molar-refractivity contribution in [2.75, 3.05) is 11.9 Å². The van der Waals surface area contributed by atoms with E-state index in [-0.39, 0.29) is 35.1 Å². The molecule has 0 spiro atoms. The second-order valence-corrected chi connectivity index (χ2v) is 9.70. The fourth-order valence-electron chi connectivity index (χ4n) is 3.62. The molecule has 2 N–H and O–H groups in total. The number of rotatable bonds is 4. The quantitative estimate of drug-likeness (QED) is 0.551. The lowest BCUT2D eigenvalue weighted by atomic mass is 9.98. The largest absolute Gasteiger partial charge is 0.488 e. The van der Waals surface area contributed by atoms with Crippen molar-refractivity contribution < 1.29 is 35.6 Å². The average molecular weight is 484 g/mol. The third-order valence-electron chi connectivity index (χ3n) is 5.01. The number of carbonyl (C=O) groups is 1. The molecule has 0 fully saturated rings. The van der Waals surface area contributed by atoms with Crippen molar-refractivity contribution in [3.63, 3.8) is 0 Å².